The van der Waals surface area contributed by atoms with Crippen LogP contribution in [0.25, 0.3) is 0 Å². The molecule has 0 saturated carbocycles. The highest BCUT2D eigenvalue weighted by Crippen LogP contribution is 2.12. The van der Waals surface area contributed by atoms with Gasteiger partial charge < -0.3 is 10.2 Å². The molecule has 0 aliphatic heterocycles. The minimum absolute atomic E-state index is 0.285. The summed E-state index contributed by atoms with van der Waals surface area (Å²) in [5.74, 6) is -0.833. The lowest BCUT2D eigenvalue weighted by molar-refractivity contribution is -0.134. The van der Waals surface area contributed by atoms with Crippen molar-refractivity contribution in [3.8, 4) is 0 Å². The molecule has 0 aromatic carbocycles. The second kappa shape index (κ2) is 6.61. The Balaban J connectivity index is 0.000000261. The molecule has 12 heavy (non-hydrogen) atoms. The van der Waals surface area contributed by atoms with Crippen LogP contribution < -0.4 is 0 Å². The maximum Gasteiger partial charge on any atom is 0.300 e. The van der Waals surface area contributed by atoms with Crippen molar-refractivity contribution in [1.29, 1.82) is 0 Å². The second-order valence-electron chi connectivity index (χ2n) is 2.45. The van der Waals surface area contributed by atoms with Crippen LogP contribution in [0.2, 0.25) is 0 Å². The number of aliphatic hydroxyl groups is 1. The molecule has 3 heteroatoms. The van der Waals surface area contributed by atoms with E-state index < -0.39 is 5.97 Å². The normalized spacial score (nSPS) is 13.3. The average molecular weight is 170 g/mol. The van der Waals surface area contributed by atoms with E-state index in [0.29, 0.717) is 0 Å². The van der Waals surface area contributed by atoms with E-state index in [2.05, 4.69) is 12.2 Å². The molecule has 0 radical (unpaired) electrons. The Morgan fingerprint density at radius 3 is 2.58 bits per heavy atom. The molecule has 1 rings (SSSR count). The van der Waals surface area contributed by atoms with Gasteiger partial charge >= 0.3 is 0 Å². The van der Waals surface area contributed by atoms with Gasteiger partial charge in [0.25, 0.3) is 5.97 Å². The van der Waals surface area contributed by atoms with E-state index >= 15 is 0 Å². The van der Waals surface area contributed by atoms with E-state index in [0.717, 1.165) is 19.8 Å². The van der Waals surface area contributed by atoms with E-state index in [-0.39, 0.29) is 6.61 Å². The molecular weight excluding hydrogens is 156 g/mol. The number of carbonyl (C=O) groups is 1. The Morgan fingerprint density at radius 1 is 1.67 bits per heavy atom. The molecule has 0 amide bonds. The number of carboxylic acid groups (broad SMARTS) is 1. The average Bonchev–Trinajstić information content (AvgIpc) is 2.39. The Morgan fingerprint density at radius 2 is 2.25 bits per heavy atom. The lowest BCUT2D eigenvalue weighted by Gasteiger charge is -1.93. The summed E-state index contributed by atoms with van der Waals surface area (Å²) in [6.07, 6.45) is 8.08. The zero-order valence-electron chi connectivity index (χ0n) is 7.16. The van der Waals surface area contributed by atoms with Crippen LogP contribution in [0.15, 0.2) is 23.8 Å². The Bertz CT molecular complexity index is 188. The molecule has 0 fully saturated rings. The summed E-state index contributed by atoms with van der Waals surface area (Å²) in [6, 6.07) is 0. The maximum atomic E-state index is 9.00. The van der Waals surface area contributed by atoms with Crippen LogP contribution in [0.1, 0.15) is 19.8 Å². The number of aliphatic carboxylic acids is 1. The fraction of sp³-hybridized carbons (Fsp3) is 0.444. The highest BCUT2D eigenvalue weighted by atomic mass is 16.4. The summed E-state index contributed by atoms with van der Waals surface area (Å²) in [4.78, 5) is 9.00. The molecule has 0 bridgehead atoms. The monoisotopic (exact) mass is 170 g/mol. The first-order valence-electron chi connectivity index (χ1n) is 3.81. The van der Waals surface area contributed by atoms with Crippen LogP contribution in [-0.4, -0.2) is 22.8 Å². The fourth-order valence-corrected chi connectivity index (χ4v) is 0.821. The number of allylic oxidation sites excluding steroid dienone is 3. The minimum atomic E-state index is -0.833. The minimum Gasteiger partial charge on any atom is -0.481 e. The van der Waals surface area contributed by atoms with E-state index in [9.17, 15) is 0 Å². The van der Waals surface area contributed by atoms with Crippen molar-refractivity contribution in [2.75, 3.05) is 6.61 Å². The van der Waals surface area contributed by atoms with E-state index in [1.807, 2.05) is 6.08 Å². The van der Waals surface area contributed by atoms with Crippen LogP contribution in [0.5, 0.6) is 0 Å². The number of hydrogen-bond donors (Lipinski definition) is 2. The Kier molecular flexibility index (Phi) is 6.01. The first kappa shape index (κ1) is 10.9. The predicted molar refractivity (Wildman–Crippen MR) is 46.9 cm³/mol. The van der Waals surface area contributed by atoms with Gasteiger partial charge in [0, 0.05) is 13.5 Å². The van der Waals surface area contributed by atoms with Gasteiger partial charge in [0.2, 0.25) is 0 Å². The van der Waals surface area contributed by atoms with Crippen LogP contribution in [0, 0.1) is 0 Å². The number of carboxylic acids is 1. The first-order valence-corrected chi connectivity index (χ1v) is 3.81. The van der Waals surface area contributed by atoms with Gasteiger partial charge in [-0.3, -0.25) is 4.79 Å². The van der Waals surface area contributed by atoms with Gasteiger partial charge in [-0.2, -0.15) is 0 Å². The number of rotatable bonds is 2. The molecule has 1 aliphatic rings. The summed E-state index contributed by atoms with van der Waals surface area (Å²) in [6.45, 7) is 1.37. The van der Waals surface area contributed by atoms with Crippen molar-refractivity contribution < 1.29 is 15.0 Å². The molecule has 0 unspecified atom stereocenters. The highest BCUT2D eigenvalue weighted by molar-refractivity contribution is 5.62. The molecule has 2 N–H and O–H groups in total. The first-order chi connectivity index (χ1) is 5.66. The number of hydrogen-bond acceptors (Lipinski definition) is 2. The Labute approximate surface area is 72.0 Å². The molecule has 0 atom stereocenters. The highest BCUT2D eigenvalue weighted by Gasteiger charge is 1.95. The van der Waals surface area contributed by atoms with Crippen molar-refractivity contribution in [2.24, 2.45) is 0 Å². The van der Waals surface area contributed by atoms with Crippen LogP contribution in [-0.2, 0) is 4.79 Å². The largest absolute Gasteiger partial charge is 0.481 e. The van der Waals surface area contributed by atoms with Crippen molar-refractivity contribution in [1.82, 2.24) is 0 Å². The van der Waals surface area contributed by atoms with E-state index in [1.165, 1.54) is 5.57 Å². The zero-order valence-corrected chi connectivity index (χ0v) is 7.16. The van der Waals surface area contributed by atoms with Crippen molar-refractivity contribution >= 4 is 5.97 Å². The Hall–Kier alpha value is -1.09. The predicted octanol–water partition coefficient (Wildman–Crippen LogP) is 1.35. The summed E-state index contributed by atoms with van der Waals surface area (Å²) in [5.41, 5.74) is 1.34. The summed E-state index contributed by atoms with van der Waals surface area (Å²) < 4.78 is 0. The molecular formula is C9H14O3. The van der Waals surface area contributed by atoms with Gasteiger partial charge in [-0.05, 0) is 12.8 Å². The van der Waals surface area contributed by atoms with Crippen molar-refractivity contribution in [3.63, 3.8) is 0 Å². The molecule has 0 saturated heterocycles. The molecule has 0 aromatic heterocycles. The van der Waals surface area contributed by atoms with Crippen LogP contribution in [0.4, 0.5) is 0 Å². The third-order valence-corrected chi connectivity index (χ3v) is 1.28. The van der Waals surface area contributed by atoms with Crippen LogP contribution >= 0.6 is 0 Å². The molecule has 0 spiro atoms. The van der Waals surface area contributed by atoms with E-state index in [1.54, 1.807) is 0 Å². The zero-order chi connectivity index (χ0) is 9.40. The molecule has 3 nitrogen and oxygen atoms in total. The standard InChI is InChI=1S/C7H10O.C2H4O2/c8-6-5-7-3-1-2-4-7;1-2(3)4/h1-3,8H,4-6H2;1H3,(H,3,4). The third kappa shape index (κ3) is 7.02. The molecule has 0 heterocycles. The third-order valence-electron chi connectivity index (χ3n) is 1.28. The SMILES string of the molecule is CC(=O)O.OCCC1=CC=CC1. The number of aliphatic hydroxyl groups excluding tert-OH is 1. The summed E-state index contributed by atoms with van der Waals surface area (Å²) in [5, 5.41) is 15.9. The smallest absolute Gasteiger partial charge is 0.300 e. The molecule has 0 aromatic rings. The summed E-state index contributed by atoms with van der Waals surface area (Å²) >= 11 is 0. The summed E-state index contributed by atoms with van der Waals surface area (Å²) in [7, 11) is 0. The van der Waals surface area contributed by atoms with E-state index in [4.69, 9.17) is 15.0 Å². The van der Waals surface area contributed by atoms with Gasteiger partial charge in [-0.25, -0.2) is 0 Å². The lowest BCUT2D eigenvalue weighted by Crippen LogP contribution is -1.83. The second-order valence-corrected chi connectivity index (χ2v) is 2.45. The van der Waals surface area contributed by atoms with Gasteiger partial charge in [0.15, 0.2) is 0 Å². The maximum absolute atomic E-state index is 9.00. The van der Waals surface area contributed by atoms with Crippen LogP contribution in [0.3, 0.4) is 0 Å². The van der Waals surface area contributed by atoms with Crippen molar-refractivity contribution in [2.45, 2.75) is 19.8 Å². The molecule has 1 aliphatic carbocycles. The van der Waals surface area contributed by atoms with Gasteiger partial charge in [0.05, 0.1) is 0 Å². The van der Waals surface area contributed by atoms with Gasteiger partial charge in [0.1, 0.15) is 0 Å². The topological polar surface area (TPSA) is 57.5 Å². The van der Waals surface area contributed by atoms with Gasteiger partial charge in [-0.1, -0.05) is 23.8 Å². The quantitative estimate of drug-likeness (QED) is 0.657. The lowest BCUT2D eigenvalue weighted by atomic mass is 10.2. The molecule has 68 valence electrons. The van der Waals surface area contributed by atoms with Gasteiger partial charge in [-0.15, -0.1) is 0 Å². The van der Waals surface area contributed by atoms with Crippen molar-refractivity contribution in [3.05, 3.63) is 23.8 Å². The fourth-order valence-electron chi connectivity index (χ4n) is 0.821.